The van der Waals surface area contributed by atoms with Gasteiger partial charge in [0.15, 0.2) is 0 Å². The summed E-state index contributed by atoms with van der Waals surface area (Å²) in [5.74, 6) is 0. The smallest absolute Gasteiger partial charge is 0.315 e. The van der Waals surface area contributed by atoms with Crippen molar-refractivity contribution >= 4 is 38.8 Å². The lowest BCUT2D eigenvalue weighted by Gasteiger charge is -2.25. The number of rotatable bonds is 8. The zero-order chi connectivity index (χ0) is 19.2. The molecule has 6 heteroatoms. The summed E-state index contributed by atoms with van der Waals surface area (Å²) in [7, 11) is 4.13. The van der Waals surface area contributed by atoms with Gasteiger partial charge in [-0.05, 0) is 78.6 Å². The number of hydrogen-bond donors (Lipinski definition) is 2. The van der Waals surface area contributed by atoms with E-state index in [0.717, 1.165) is 12.8 Å². The fourth-order valence-electron chi connectivity index (χ4n) is 3.18. The number of nitrogens with zero attached hydrogens (tertiary/aromatic N) is 1. The highest BCUT2D eigenvalue weighted by Gasteiger charge is 2.16. The van der Waals surface area contributed by atoms with Crippen molar-refractivity contribution in [3.8, 4) is 0 Å². The molecule has 0 radical (unpaired) electrons. The number of carbonyl (C=O) groups is 1. The average molecular weight is 402 g/mol. The van der Waals surface area contributed by atoms with Crippen LogP contribution in [0.5, 0.6) is 0 Å². The Morgan fingerprint density at radius 2 is 1.96 bits per heavy atom. The Labute approximate surface area is 169 Å². The summed E-state index contributed by atoms with van der Waals surface area (Å²) in [6, 6.07) is 10.9. The standard InChI is InChI=1S/C21H27N3OS2/c1-15(10-16-8-9-26-13-16)23-21(25)22-12-18(24(2)3)11-17-14-27-20-7-5-4-6-19(17)20/h4-9,13-15,18H,10-12H2,1-3H3,(H2,22,23,25). The molecule has 0 spiro atoms. The Bertz CT molecular complexity index is 857. The molecule has 2 atom stereocenters. The molecule has 0 aliphatic rings. The van der Waals surface area contributed by atoms with E-state index in [1.165, 1.54) is 21.2 Å². The summed E-state index contributed by atoms with van der Waals surface area (Å²) in [6.45, 7) is 2.66. The van der Waals surface area contributed by atoms with Gasteiger partial charge in [0.2, 0.25) is 0 Å². The van der Waals surface area contributed by atoms with Gasteiger partial charge in [-0.1, -0.05) is 18.2 Å². The number of hydrogen-bond acceptors (Lipinski definition) is 4. The van der Waals surface area contributed by atoms with Gasteiger partial charge in [0.1, 0.15) is 0 Å². The fourth-order valence-corrected chi connectivity index (χ4v) is 4.84. The molecular weight excluding hydrogens is 374 g/mol. The zero-order valence-corrected chi connectivity index (χ0v) is 17.7. The van der Waals surface area contributed by atoms with Crippen molar-refractivity contribution in [1.29, 1.82) is 0 Å². The first-order valence-electron chi connectivity index (χ1n) is 9.20. The van der Waals surface area contributed by atoms with Crippen molar-refractivity contribution in [2.45, 2.75) is 31.8 Å². The van der Waals surface area contributed by atoms with E-state index in [4.69, 9.17) is 0 Å². The van der Waals surface area contributed by atoms with E-state index >= 15 is 0 Å². The second-order valence-electron chi connectivity index (χ2n) is 7.17. The predicted octanol–water partition coefficient (Wildman–Crippen LogP) is 4.37. The first-order chi connectivity index (χ1) is 13.0. The number of urea groups is 1. The van der Waals surface area contributed by atoms with Crippen molar-refractivity contribution in [2.24, 2.45) is 0 Å². The van der Waals surface area contributed by atoms with Gasteiger partial charge in [-0.3, -0.25) is 0 Å². The SMILES string of the molecule is CC(Cc1ccsc1)NC(=O)NCC(Cc1csc2ccccc12)N(C)C. The lowest BCUT2D eigenvalue weighted by atomic mass is 10.0. The number of thiophene rings is 2. The Kier molecular flexibility index (Phi) is 6.88. The van der Waals surface area contributed by atoms with Crippen molar-refractivity contribution < 1.29 is 4.79 Å². The third kappa shape index (κ3) is 5.54. The van der Waals surface area contributed by atoms with E-state index in [-0.39, 0.29) is 18.1 Å². The van der Waals surface area contributed by atoms with Crippen LogP contribution in [-0.2, 0) is 12.8 Å². The molecule has 2 N–H and O–H groups in total. The monoisotopic (exact) mass is 401 g/mol. The largest absolute Gasteiger partial charge is 0.337 e. The highest BCUT2D eigenvalue weighted by atomic mass is 32.1. The second kappa shape index (κ2) is 9.35. The van der Waals surface area contributed by atoms with Crippen LogP contribution in [0.25, 0.3) is 10.1 Å². The van der Waals surface area contributed by atoms with Gasteiger partial charge in [-0.25, -0.2) is 4.79 Å². The van der Waals surface area contributed by atoms with Gasteiger partial charge in [-0.15, -0.1) is 11.3 Å². The van der Waals surface area contributed by atoms with Crippen molar-refractivity contribution in [3.63, 3.8) is 0 Å². The second-order valence-corrected chi connectivity index (χ2v) is 8.86. The van der Waals surface area contributed by atoms with Gasteiger partial charge in [-0.2, -0.15) is 11.3 Å². The van der Waals surface area contributed by atoms with Crippen LogP contribution < -0.4 is 10.6 Å². The van der Waals surface area contributed by atoms with Crippen LogP contribution in [0.2, 0.25) is 0 Å². The summed E-state index contributed by atoms with van der Waals surface area (Å²) in [5.41, 5.74) is 2.62. The molecule has 2 amide bonds. The molecule has 0 bridgehead atoms. The summed E-state index contributed by atoms with van der Waals surface area (Å²) < 4.78 is 1.32. The van der Waals surface area contributed by atoms with E-state index in [9.17, 15) is 4.79 Å². The Hall–Kier alpha value is -1.89. The molecule has 4 nitrogen and oxygen atoms in total. The molecule has 0 aliphatic heterocycles. The first-order valence-corrected chi connectivity index (χ1v) is 11.0. The molecule has 3 aromatic rings. The molecule has 0 saturated heterocycles. The van der Waals surface area contributed by atoms with Crippen molar-refractivity contribution in [3.05, 3.63) is 57.6 Å². The fraction of sp³-hybridized carbons (Fsp3) is 0.381. The maximum atomic E-state index is 12.3. The van der Waals surface area contributed by atoms with Crippen LogP contribution in [0.3, 0.4) is 0 Å². The van der Waals surface area contributed by atoms with Gasteiger partial charge < -0.3 is 15.5 Å². The van der Waals surface area contributed by atoms with Crippen LogP contribution in [0, 0.1) is 0 Å². The number of amides is 2. The van der Waals surface area contributed by atoms with Crippen molar-refractivity contribution in [1.82, 2.24) is 15.5 Å². The summed E-state index contributed by atoms with van der Waals surface area (Å²) >= 11 is 3.47. The summed E-state index contributed by atoms with van der Waals surface area (Å²) in [6.07, 6.45) is 1.77. The van der Waals surface area contributed by atoms with Gasteiger partial charge >= 0.3 is 6.03 Å². The topological polar surface area (TPSA) is 44.4 Å². The van der Waals surface area contributed by atoms with Crippen LogP contribution in [0.15, 0.2) is 46.5 Å². The number of likely N-dealkylation sites (N-methyl/N-ethyl adjacent to an activating group) is 1. The minimum atomic E-state index is -0.0974. The van der Waals surface area contributed by atoms with Crippen molar-refractivity contribution in [2.75, 3.05) is 20.6 Å². The third-order valence-electron chi connectivity index (χ3n) is 4.74. The highest BCUT2D eigenvalue weighted by Crippen LogP contribution is 2.27. The van der Waals surface area contributed by atoms with E-state index in [1.54, 1.807) is 22.7 Å². The maximum Gasteiger partial charge on any atom is 0.315 e. The number of nitrogens with one attached hydrogen (secondary N) is 2. The maximum absolute atomic E-state index is 12.3. The first kappa shape index (κ1) is 19.9. The molecule has 2 unspecified atom stereocenters. The van der Waals surface area contributed by atoms with Crippen LogP contribution in [-0.4, -0.2) is 43.7 Å². The molecule has 0 aliphatic carbocycles. The molecular formula is C21H27N3OS2. The Morgan fingerprint density at radius 3 is 2.70 bits per heavy atom. The quantitative estimate of drug-likeness (QED) is 0.589. The van der Waals surface area contributed by atoms with Gasteiger partial charge in [0.05, 0.1) is 0 Å². The van der Waals surface area contributed by atoms with E-state index in [1.807, 2.05) is 6.92 Å². The molecule has 0 fully saturated rings. The zero-order valence-electron chi connectivity index (χ0n) is 16.1. The number of carbonyl (C=O) groups excluding carboxylic acids is 1. The molecule has 2 aromatic heterocycles. The predicted molar refractivity (Wildman–Crippen MR) is 117 cm³/mol. The summed E-state index contributed by atoms with van der Waals surface area (Å²) in [4.78, 5) is 14.5. The Balaban J connectivity index is 1.52. The lowest BCUT2D eigenvalue weighted by Crippen LogP contribution is -2.47. The number of fused-ring (bicyclic) bond motifs is 1. The molecule has 2 heterocycles. The minimum Gasteiger partial charge on any atom is -0.337 e. The van der Waals surface area contributed by atoms with Gasteiger partial charge in [0.25, 0.3) is 0 Å². The minimum absolute atomic E-state index is 0.0974. The molecule has 1 aromatic carbocycles. The summed E-state index contributed by atoms with van der Waals surface area (Å²) in [5, 5.41) is 13.8. The molecule has 144 valence electrons. The molecule has 3 rings (SSSR count). The third-order valence-corrected chi connectivity index (χ3v) is 6.49. The van der Waals surface area contributed by atoms with Crippen LogP contribution in [0.4, 0.5) is 4.79 Å². The average Bonchev–Trinajstić information content (AvgIpc) is 3.28. The molecule has 0 saturated carbocycles. The Morgan fingerprint density at radius 1 is 1.15 bits per heavy atom. The lowest BCUT2D eigenvalue weighted by molar-refractivity contribution is 0.229. The van der Waals surface area contributed by atoms with Crippen LogP contribution in [0.1, 0.15) is 18.1 Å². The number of benzene rings is 1. The van der Waals surface area contributed by atoms with Crippen LogP contribution >= 0.6 is 22.7 Å². The van der Waals surface area contributed by atoms with E-state index in [2.05, 4.69) is 76.1 Å². The highest BCUT2D eigenvalue weighted by molar-refractivity contribution is 7.17. The van der Waals surface area contributed by atoms with E-state index in [0.29, 0.717) is 6.54 Å². The van der Waals surface area contributed by atoms with E-state index < -0.39 is 0 Å². The molecule has 27 heavy (non-hydrogen) atoms. The van der Waals surface area contributed by atoms with Gasteiger partial charge in [0, 0.05) is 23.3 Å². The normalized spacial score (nSPS) is 13.6.